The summed E-state index contributed by atoms with van der Waals surface area (Å²) in [5, 5.41) is 9.87. The first-order valence-electron chi connectivity index (χ1n) is 12.9. The van der Waals surface area contributed by atoms with Crippen molar-refractivity contribution < 1.29 is 37.8 Å². The molecule has 39 heavy (non-hydrogen) atoms. The summed E-state index contributed by atoms with van der Waals surface area (Å²) in [5.41, 5.74) is -3.14. The molecule has 1 heterocycles. The second-order valence-corrected chi connectivity index (χ2v) is 11.8. The van der Waals surface area contributed by atoms with Gasteiger partial charge < -0.3 is 9.84 Å². The fourth-order valence-electron chi connectivity index (χ4n) is 5.76. The van der Waals surface area contributed by atoms with Crippen LogP contribution in [-0.2, 0) is 31.1 Å². The Morgan fingerprint density at radius 2 is 1.87 bits per heavy atom. The molecular formula is C29H30BrF2NO6. The molecule has 0 bridgehead atoms. The van der Waals surface area contributed by atoms with E-state index in [9.17, 15) is 33.1 Å². The van der Waals surface area contributed by atoms with E-state index in [1.165, 1.54) is 12.1 Å². The Morgan fingerprint density at radius 3 is 2.51 bits per heavy atom. The summed E-state index contributed by atoms with van der Waals surface area (Å²) in [5.74, 6) is -5.95. The van der Waals surface area contributed by atoms with Gasteiger partial charge in [-0.2, -0.15) is 0 Å². The maximum Gasteiger partial charge on any atom is 0.327 e. The lowest BCUT2D eigenvalue weighted by Gasteiger charge is -2.42. The molecule has 4 atom stereocenters. The Labute approximate surface area is 233 Å². The summed E-state index contributed by atoms with van der Waals surface area (Å²) in [6.45, 7) is 5.46. The average molecular weight is 606 g/mol. The van der Waals surface area contributed by atoms with Crippen LogP contribution in [0.25, 0.3) is 0 Å². The van der Waals surface area contributed by atoms with E-state index in [-0.39, 0.29) is 34.4 Å². The SMILES string of the molecule is CC(C)[C@@H]1CC[C@@H](C)C[C@H]1OC(=O)[C@]1(CC(=O)O)C(=O)N(Cc2ccc(Br)cc2F)C(=O)c2ccc(F)cc21. The number of carboxylic acids is 1. The van der Waals surface area contributed by atoms with Gasteiger partial charge in [0.05, 0.1) is 13.0 Å². The number of carboxylic acid groups (broad SMARTS) is 1. The number of fused-ring (bicyclic) bond motifs is 1. The van der Waals surface area contributed by atoms with Crippen molar-refractivity contribution in [3.8, 4) is 0 Å². The van der Waals surface area contributed by atoms with Crippen LogP contribution in [0.4, 0.5) is 8.78 Å². The van der Waals surface area contributed by atoms with Crippen molar-refractivity contribution in [1.29, 1.82) is 0 Å². The van der Waals surface area contributed by atoms with Crippen molar-refractivity contribution >= 4 is 39.7 Å². The van der Waals surface area contributed by atoms with Crippen LogP contribution in [0.2, 0.25) is 0 Å². The van der Waals surface area contributed by atoms with Crippen LogP contribution in [0, 0.1) is 29.4 Å². The molecule has 1 saturated carbocycles. The Kier molecular flexibility index (Phi) is 8.25. The first kappa shape index (κ1) is 28.9. The molecular weight excluding hydrogens is 576 g/mol. The Morgan fingerprint density at radius 1 is 1.15 bits per heavy atom. The van der Waals surface area contributed by atoms with Crippen LogP contribution in [0.1, 0.15) is 67.9 Å². The molecule has 0 radical (unpaired) electrons. The number of imide groups is 1. The number of amides is 2. The van der Waals surface area contributed by atoms with E-state index in [4.69, 9.17) is 4.74 Å². The van der Waals surface area contributed by atoms with Crippen molar-refractivity contribution in [3.05, 3.63) is 69.2 Å². The molecule has 208 valence electrons. The zero-order valence-corrected chi connectivity index (χ0v) is 23.5. The van der Waals surface area contributed by atoms with E-state index in [0.29, 0.717) is 15.8 Å². The molecule has 1 N–H and O–H groups in total. The fourth-order valence-corrected chi connectivity index (χ4v) is 6.09. The highest BCUT2D eigenvalue weighted by atomic mass is 79.9. The van der Waals surface area contributed by atoms with Gasteiger partial charge in [0.15, 0.2) is 5.41 Å². The lowest BCUT2D eigenvalue weighted by molar-refractivity contribution is -0.171. The van der Waals surface area contributed by atoms with Crippen molar-refractivity contribution in [3.63, 3.8) is 0 Å². The van der Waals surface area contributed by atoms with Gasteiger partial charge >= 0.3 is 11.9 Å². The van der Waals surface area contributed by atoms with Crippen LogP contribution in [0.5, 0.6) is 0 Å². The summed E-state index contributed by atoms with van der Waals surface area (Å²) in [6, 6.07) is 6.99. The molecule has 10 heteroatoms. The fraction of sp³-hybridized carbons (Fsp3) is 0.448. The topological polar surface area (TPSA) is 101 Å². The van der Waals surface area contributed by atoms with Gasteiger partial charge in [0, 0.05) is 15.6 Å². The summed E-state index contributed by atoms with van der Waals surface area (Å²) < 4.78 is 35.6. The van der Waals surface area contributed by atoms with Gasteiger partial charge in [-0.15, -0.1) is 0 Å². The zero-order chi connectivity index (χ0) is 28.6. The number of carbonyl (C=O) groups is 4. The van der Waals surface area contributed by atoms with Gasteiger partial charge in [-0.1, -0.05) is 49.2 Å². The summed E-state index contributed by atoms with van der Waals surface area (Å²) >= 11 is 3.15. The molecule has 0 aromatic heterocycles. The molecule has 4 rings (SSSR count). The predicted octanol–water partition coefficient (Wildman–Crippen LogP) is 5.63. The Hall–Kier alpha value is -3.14. The highest BCUT2D eigenvalue weighted by molar-refractivity contribution is 9.10. The van der Waals surface area contributed by atoms with Gasteiger partial charge in [-0.25, -0.2) is 8.78 Å². The Balaban J connectivity index is 1.85. The number of hydrogen-bond donors (Lipinski definition) is 1. The molecule has 2 aliphatic rings. The number of benzene rings is 2. The van der Waals surface area contributed by atoms with Crippen LogP contribution in [0.15, 0.2) is 40.9 Å². The molecule has 2 aromatic rings. The summed E-state index contributed by atoms with van der Waals surface area (Å²) in [4.78, 5) is 54.4. The highest BCUT2D eigenvalue weighted by Crippen LogP contribution is 2.43. The van der Waals surface area contributed by atoms with Gasteiger partial charge in [0.2, 0.25) is 0 Å². The molecule has 0 spiro atoms. The third-order valence-electron chi connectivity index (χ3n) is 7.86. The standard InChI is InChI=1S/C29H30BrF2NO6/c1-15(2)20-8-4-16(3)10-24(20)39-28(38)29(13-25(34)35)22-12-19(31)7-9-21(22)26(36)33(27(29)37)14-17-5-6-18(30)11-23(17)32/h5-7,9,11-12,15-16,20,24H,4,8,10,13-14H2,1-3H3,(H,34,35)/t16-,20+,24-,29+/m1/s1. The van der Waals surface area contributed by atoms with Crippen molar-refractivity contribution in [2.24, 2.45) is 17.8 Å². The lowest BCUT2D eigenvalue weighted by atomic mass is 9.70. The molecule has 0 saturated heterocycles. The smallest absolute Gasteiger partial charge is 0.327 e. The minimum Gasteiger partial charge on any atom is -0.481 e. The largest absolute Gasteiger partial charge is 0.481 e. The van der Waals surface area contributed by atoms with Crippen LogP contribution in [0.3, 0.4) is 0 Å². The minimum absolute atomic E-state index is 0.0210. The van der Waals surface area contributed by atoms with E-state index in [1.54, 1.807) is 0 Å². The number of halogens is 3. The molecule has 1 aliphatic heterocycles. The van der Waals surface area contributed by atoms with E-state index in [0.717, 1.165) is 37.1 Å². The maximum atomic E-state index is 14.7. The third kappa shape index (κ3) is 5.48. The lowest BCUT2D eigenvalue weighted by Crippen LogP contribution is -2.60. The normalized spacial score (nSPS) is 25.0. The monoisotopic (exact) mass is 605 g/mol. The van der Waals surface area contributed by atoms with Crippen molar-refractivity contribution in [2.45, 2.75) is 64.5 Å². The number of rotatable bonds is 7. The van der Waals surface area contributed by atoms with E-state index >= 15 is 0 Å². The number of hydrogen-bond acceptors (Lipinski definition) is 5. The third-order valence-corrected chi connectivity index (χ3v) is 8.35. The van der Waals surface area contributed by atoms with Gasteiger partial charge in [-0.05, 0) is 66.5 Å². The van der Waals surface area contributed by atoms with Gasteiger partial charge in [0.1, 0.15) is 17.7 Å². The minimum atomic E-state index is -2.54. The molecule has 2 amide bonds. The van der Waals surface area contributed by atoms with Crippen LogP contribution < -0.4 is 0 Å². The van der Waals surface area contributed by atoms with Crippen molar-refractivity contribution in [2.75, 3.05) is 0 Å². The highest BCUT2D eigenvalue weighted by Gasteiger charge is 2.59. The van der Waals surface area contributed by atoms with Gasteiger partial charge in [0.25, 0.3) is 11.8 Å². The molecule has 7 nitrogen and oxygen atoms in total. The van der Waals surface area contributed by atoms with Gasteiger partial charge in [-0.3, -0.25) is 24.1 Å². The summed E-state index contributed by atoms with van der Waals surface area (Å²) in [7, 11) is 0. The number of ether oxygens (including phenoxy) is 1. The number of esters is 1. The first-order chi connectivity index (χ1) is 18.3. The molecule has 1 fully saturated rings. The maximum absolute atomic E-state index is 14.7. The number of nitrogens with zero attached hydrogens (tertiary/aromatic N) is 1. The Bertz CT molecular complexity index is 1330. The van der Waals surface area contributed by atoms with E-state index < -0.39 is 59.9 Å². The van der Waals surface area contributed by atoms with Crippen molar-refractivity contribution in [1.82, 2.24) is 4.90 Å². The number of carbonyl (C=O) groups excluding carboxylic acids is 3. The average Bonchev–Trinajstić information content (AvgIpc) is 2.85. The second-order valence-electron chi connectivity index (χ2n) is 10.9. The predicted molar refractivity (Wildman–Crippen MR) is 141 cm³/mol. The first-order valence-corrected chi connectivity index (χ1v) is 13.7. The van der Waals surface area contributed by atoms with E-state index in [1.807, 2.05) is 20.8 Å². The molecule has 0 unspecified atom stereocenters. The molecule has 1 aliphatic carbocycles. The zero-order valence-electron chi connectivity index (χ0n) is 21.9. The van der Waals surface area contributed by atoms with Crippen LogP contribution >= 0.6 is 15.9 Å². The summed E-state index contributed by atoms with van der Waals surface area (Å²) in [6.07, 6.45) is 0.587. The van der Waals surface area contributed by atoms with Crippen LogP contribution in [-0.4, -0.2) is 39.9 Å². The van der Waals surface area contributed by atoms with E-state index in [2.05, 4.69) is 15.9 Å². The second kappa shape index (κ2) is 11.2. The molecule has 2 aromatic carbocycles. The quantitative estimate of drug-likeness (QED) is 0.249. The number of aliphatic carboxylic acids is 1.